The molecule has 1 aromatic heterocycles. The molecule has 0 aliphatic carbocycles. The van der Waals surface area contributed by atoms with Crippen LogP contribution in [-0.2, 0) is 6.42 Å². The van der Waals surface area contributed by atoms with Gasteiger partial charge >= 0.3 is 0 Å². The van der Waals surface area contributed by atoms with Crippen LogP contribution in [0.1, 0.15) is 22.8 Å². The number of para-hydroxylation sites is 1. The van der Waals surface area contributed by atoms with E-state index in [1.165, 1.54) is 5.56 Å². The summed E-state index contributed by atoms with van der Waals surface area (Å²) in [7, 11) is 0. The summed E-state index contributed by atoms with van der Waals surface area (Å²) >= 11 is 1.57. The second kappa shape index (κ2) is 4.67. The molecule has 2 heterocycles. The molecule has 0 radical (unpaired) electrons. The molecule has 1 atom stereocenters. The van der Waals surface area contributed by atoms with Gasteiger partial charge in [-0.05, 0) is 43.2 Å². The van der Waals surface area contributed by atoms with Gasteiger partial charge in [-0.2, -0.15) is 0 Å². The first-order chi connectivity index (χ1) is 10.2. The maximum atomic E-state index is 12.9. The third kappa shape index (κ3) is 1.94. The minimum Gasteiger partial charge on any atom is -0.305 e. The first-order valence-electron chi connectivity index (χ1n) is 6.99. The molecule has 0 unspecified atom stereocenters. The van der Waals surface area contributed by atoms with Crippen LogP contribution in [0.15, 0.2) is 48.0 Å². The summed E-state index contributed by atoms with van der Waals surface area (Å²) in [6.45, 7) is 2.10. The lowest BCUT2D eigenvalue weighted by Crippen LogP contribution is -2.35. The molecule has 2 aromatic carbocycles. The van der Waals surface area contributed by atoms with Gasteiger partial charge in [0.25, 0.3) is 5.91 Å². The maximum Gasteiger partial charge on any atom is 0.258 e. The quantitative estimate of drug-likeness (QED) is 0.682. The van der Waals surface area contributed by atoms with Gasteiger partial charge < -0.3 is 4.90 Å². The zero-order valence-corrected chi connectivity index (χ0v) is 12.4. The largest absolute Gasteiger partial charge is 0.305 e. The fraction of sp³-hybridized carbons (Fsp3) is 0.176. The number of hydrogen-bond donors (Lipinski definition) is 0. The molecule has 4 heteroatoms. The molecular formula is C17H14N2OS. The van der Waals surface area contributed by atoms with Crippen molar-refractivity contribution in [2.24, 2.45) is 0 Å². The average molecular weight is 294 g/mol. The first kappa shape index (κ1) is 12.5. The van der Waals surface area contributed by atoms with Crippen molar-refractivity contribution in [2.75, 3.05) is 4.90 Å². The molecule has 1 amide bonds. The second-order valence-electron chi connectivity index (χ2n) is 5.39. The van der Waals surface area contributed by atoms with E-state index in [1.807, 2.05) is 46.8 Å². The monoisotopic (exact) mass is 294 g/mol. The van der Waals surface area contributed by atoms with E-state index in [2.05, 4.69) is 18.0 Å². The number of aromatic nitrogens is 1. The van der Waals surface area contributed by atoms with E-state index >= 15 is 0 Å². The molecule has 0 saturated heterocycles. The second-order valence-corrected chi connectivity index (χ2v) is 6.28. The molecule has 4 rings (SSSR count). The van der Waals surface area contributed by atoms with Crippen molar-refractivity contribution in [3.8, 4) is 0 Å². The third-order valence-corrected chi connectivity index (χ3v) is 4.80. The van der Waals surface area contributed by atoms with Gasteiger partial charge in [0.05, 0.1) is 15.7 Å². The van der Waals surface area contributed by atoms with Gasteiger partial charge in [0.1, 0.15) is 0 Å². The van der Waals surface area contributed by atoms with Crippen molar-refractivity contribution in [2.45, 2.75) is 19.4 Å². The Hall–Kier alpha value is -2.20. The highest BCUT2D eigenvalue weighted by Crippen LogP contribution is 2.33. The Bertz CT molecular complexity index is 839. The number of carbonyl (C=O) groups excluding carboxylic acids is 1. The van der Waals surface area contributed by atoms with Crippen LogP contribution in [0.3, 0.4) is 0 Å². The molecule has 1 aliphatic rings. The SMILES string of the molecule is C[C@@H]1Cc2ccccc2N1C(=O)c1ccc2ncsc2c1. The topological polar surface area (TPSA) is 33.2 Å². The fourth-order valence-electron chi connectivity index (χ4n) is 3.00. The minimum absolute atomic E-state index is 0.0720. The van der Waals surface area contributed by atoms with Crippen LogP contribution >= 0.6 is 11.3 Å². The Morgan fingerprint density at radius 1 is 1.29 bits per heavy atom. The lowest BCUT2D eigenvalue weighted by Gasteiger charge is -2.22. The number of anilines is 1. The van der Waals surface area contributed by atoms with Crippen LogP contribution in [0.5, 0.6) is 0 Å². The number of amides is 1. The minimum atomic E-state index is 0.0720. The van der Waals surface area contributed by atoms with Crippen LogP contribution in [0.2, 0.25) is 0 Å². The van der Waals surface area contributed by atoms with Crippen molar-refractivity contribution >= 4 is 33.1 Å². The number of hydrogen-bond acceptors (Lipinski definition) is 3. The number of benzene rings is 2. The van der Waals surface area contributed by atoms with Gasteiger partial charge in [0, 0.05) is 17.3 Å². The Kier molecular flexibility index (Phi) is 2.79. The molecule has 3 nitrogen and oxygen atoms in total. The lowest BCUT2D eigenvalue weighted by molar-refractivity contribution is 0.0981. The van der Waals surface area contributed by atoms with Gasteiger partial charge in [0.2, 0.25) is 0 Å². The van der Waals surface area contributed by atoms with Gasteiger partial charge in [-0.3, -0.25) is 4.79 Å². The normalized spacial score (nSPS) is 17.2. The summed E-state index contributed by atoms with van der Waals surface area (Å²) in [5.74, 6) is 0.0720. The number of rotatable bonds is 1. The molecule has 3 aromatic rings. The summed E-state index contributed by atoms with van der Waals surface area (Å²) in [6, 6.07) is 14.1. The van der Waals surface area contributed by atoms with E-state index in [1.54, 1.807) is 11.3 Å². The van der Waals surface area contributed by atoms with Crippen molar-refractivity contribution in [3.63, 3.8) is 0 Å². The van der Waals surface area contributed by atoms with E-state index < -0.39 is 0 Å². The highest BCUT2D eigenvalue weighted by atomic mass is 32.1. The zero-order chi connectivity index (χ0) is 14.4. The zero-order valence-electron chi connectivity index (χ0n) is 11.6. The van der Waals surface area contributed by atoms with Crippen molar-refractivity contribution < 1.29 is 4.79 Å². The smallest absolute Gasteiger partial charge is 0.258 e. The predicted octanol–water partition coefficient (Wildman–Crippen LogP) is 3.89. The van der Waals surface area contributed by atoms with Crippen LogP contribution in [-0.4, -0.2) is 16.9 Å². The molecule has 0 saturated carbocycles. The highest BCUT2D eigenvalue weighted by Gasteiger charge is 2.31. The van der Waals surface area contributed by atoms with Crippen LogP contribution in [0.25, 0.3) is 10.2 Å². The summed E-state index contributed by atoms with van der Waals surface area (Å²) in [4.78, 5) is 19.1. The lowest BCUT2D eigenvalue weighted by atomic mass is 10.1. The Balaban J connectivity index is 1.77. The summed E-state index contributed by atoms with van der Waals surface area (Å²) in [5, 5.41) is 0. The van der Waals surface area contributed by atoms with Crippen molar-refractivity contribution in [1.82, 2.24) is 4.98 Å². The maximum absolute atomic E-state index is 12.9. The number of nitrogens with zero attached hydrogens (tertiary/aromatic N) is 2. The number of carbonyl (C=O) groups is 1. The summed E-state index contributed by atoms with van der Waals surface area (Å²) < 4.78 is 1.06. The number of thiazole rings is 1. The van der Waals surface area contributed by atoms with E-state index in [0.717, 1.165) is 27.9 Å². The van der Waals surface area contributed by atoms with Crippen molar-refractivity contribution in [3.05, 3.63) is 59.1 Å². The molecule has 104 valence electrons. The molecule has 1 aliphatic heterocycles. The third-order valence-electron chi connectivity index (χ3n) is 4.00. The van der Waals surface area contributed by atoms with E-state index in [9.17, 15) is 4.79 Å². The van der Waals surface area contributed by atoms with E-state index in [4.69, 9.17) is 0 Å². The Morgan fingerprint density at radius 3 is 3.05 bits per heavy atom. The molecule has 0 N–H and O–H groups in total. The van der Waals surface area contributed by atoms with Crippen LogP contribution < -0.4 is 4.90 Å². The molecular weight excluding hydrogens is 280 g/mol. The number of fused-ring (bicyclic) bond motifs is 2. The molecule has 0 bridgehead atoms. The molecule has 0 spiro atoms. The predicted molar refractivity (Wildman–Crippen MR) is 86.0 cm³/mol. The Labute approximate surface area is 126 Å². The Morgan fingerprint density at radius 2 is 2.14 bits per heavy atom. The van der Waals surface area contributed by atoms with Crippen molar-refractivity contribution in [1.29, 1.82) is 0 Å². The average Bonchev–Trinajstić information content (AvgIpc) is 3.08. The highest BCUT2D eigenvalue weighted by molar-refractivity contribution is 7.16. The molecule has 0 fully saturated rings. The van der Waals surface area contributed by atoms with Gasteiger partial charge in [-0.15, -0.1) is 11.3 Å². The molecule has 21 heavy (non-hydrogen) atoms. The van der Waals surface area contributed by atoms with Gasteiger partial charge in [-0.25, -0.2) is 4.98 Å². The van der Waals surface area contributed by atoms with E-state index in [-0.39, 0.29) is 11.9 Å². The summed E-state index contributed by atoms with van der Waals surface area (Å²) in [5.41, 5.74) is 5.78. The van der Waals surface area contributed by atoms with Gasteiger partial charge in [0.15, 0.2) is 0 Å². The van der Waals surface area contributed by atoms with Crippen LogP contribution in [0.4, 0.5) is 5.69 Å². The fourth-order valence-corrected chi connectivity index (χ4v) is 3.72. The van der Waals surface area contributed by atoms with Crippen LogP contribution in [0, 0.1) is 0 Å². The first-order valence-corrected chi connectivity index (χ1v) is 7.87. The van der Waals surface area contributed by atoms with E-state index in [0.29, 0.717) is 0 Å². The van der Waals surface area contributed by atoms with Gasteiger partial charge in [-0.1, -0.05) is 18.2 Å². The standard InChI is InChI=1S/C17H14N2OS/c1-11-8-12-4-2-3-5-15(12)19(11)17(20)13-6-7-14-16(9-13)21-10-18-14/h2-7,9-11H,8H2,1H3/t11-/m1/s1. The summed E-state index contributed by atoms with van der Waals surface area (Å²) in [6.07, 6.45) is 0.921.